The zero-order valence-corrected chi connectivity index (χ0v) is 6.12. The third kappa shape index (κ3) is 0.870. The molecule has 60 valence electrons. The number of hydrogen-bond donors (Lipinski definition) is 1. The number of rotatable bonds is 1. The van der Waals surface area contributed by atoms with E-state index in [0.717, 1.165) is 12.8 Å². The number of ketones is 1. The molecule has 0 aromatic rings. The van der Waals surface area contributed by atoms with Crippen LogP contribution in [0.2, 0.25) is 0 Å². The predicted octanol–water partition coefficient (Wildman–Crippen LogP) is 0.686. The SMILES string of the molecule is O=C(O)[C@H]1C[C@H]2CC(=O)[C@H]1C2. The molecular formula is C8H10O3. The van der Waals surface area contributed by atoms with Crippen molar-refractivity contribution >= 4 is 11.8 Å². The highest BCUT2D eigenvalue weighted by Crippen LogP contribution is 2.46. The van der Waals surface area contributed by atoms with Gasteiger partial charge in [-0.05, 0) is 18.8 Å². The van der Waals surface area contributed by atoms with Crippen molar-refractivity contribution < 1.29 is 14.7 Å². The summed E-state index contributed by atoms with van der Waals surface area (Å²) in [7, 11) is 0. The molecule has 2 aliphatic carbocycles. The Kier molecular flexibility index (Phi) is 1.28. The third-order valence-corrected chi connectivity index (χ3v) is 2.88. The number of hydrogen-bond acceptors (Lipinski definition) is 2. The number of carbonyl (C=O) groups is 2. The van der Waals surface area contributed by atoms with Crippen LogP contribution in [0.15, 0.2) is 0 Å². The van der Waals surface area contributed by atoms with Crippen molar-refractivity contribution in [1.29, 1.82) is 0 Å². The van der Waals surface area contributed by atoms with E-state index < -0.39 is 5.97 Å². The molecular weight excluding hydrogens is 144 g/mol. The Morgan fingerprint density at radius 1 is 1.45 bits per heavy atom. The lowest BCUT2D eigenvalue weighted by atomic mass is 9.88. The summed E-state index contributed by atoms with van der Waals surface area (Å²) in [5.41, 5.74) is 0. The Bertz CT molecular complexity index is 221. The van der Waals surface area contributed by atoms with E-state index in [9.17, 15) is 9.59 Å². The van der Waals surface area contributed by atoms with Crippen LogP contribution < -0.4 is 0 Å². The molecule has 2 fully saturated rings. The molecule has 3 atom stereocenters. The number of carboxylic acids is 1. The van der Waals surface area contributed by atoms with Gasteiger partial charge < -0.3 is 5.11 Å². The van der Waals surface area contributed by atoms with Crippen LogP contribution in [0.1, 0.15) is 19.3 Å². The second-order valence-corrected chi connectivity index (χ2v) is 3.56. The summed E-state index contributed by atoms with van der Waals surface area (Å²) in [5.74, 6) is -0.730. The molecule has 2 aliphatic rings. The minimum Gasteiger partial charge on any atom is -0.481 e. The Morgan fingerprint density at radius 3 is 2.55 bits per heavy atom. The molecule has 3 nitrogen and oxygen atoms in total. The summed E-state index contributed by atoms with van der Waals surface area (Å²) in [6, 6.07) is 0. The topological polar surface area (TPSA) is 54.4 Å². The lowest BCUT2D eigenvalue weighted by Gasteiger charge is -2.15. The van der Waals surface area contributed by atoms with Gasteiger partial charge in [-0.2, -0.15) is 0 Å². The van der Waals surface area contributed by atoms with Crippen molar-refractivity contribution in [2.24, 2.45) is 17.8 Å². The van der Waals surface area contributed by atoms with E-state index in [1.54, 1.807) is 0 Å². The molecule has 3 heteroatoms. The predicted molar refractivity (Wildman–Crippen MR) is 37.0 cm³/mol. The maximum Gasteiger partial charge on any atom is 0.307 e. The number of aliphatic carboxylic acids is 1. The first kappa shape index (κ1) is 6.83. The van der Waals surface area contributed by atoms with Crippen molar-refractivity contribution in [1.82, 2.24) is 0 Å². The van der Waals surface area contributed by atoms with Crippen LogP contribution in [0.25, 0.3) is 0 Å². The van der Waals surface area contributed by atoms with Gasteiger partial charge in [-0.25, -0.2) is 0 Å². The van der Waals surface area contributed by atoms with E-state index >= 15 is 0 Å². The van der Waals surface area contributed by atoms with E-state index in [1.165, 1.54) is 0 Å². The molecule has 0 aliphatic heterocycles. The van der Waals surface area contributed by atoms with Gasteiger partial charge in [0.1, 0.15) is 5.78 Å². The molecule has 0 spiro atoms. The molecule has 0 radical (unpaired) electrons. The van der Waals surface area contributed by atoms with Gasteiger partial charge in [0.15, 0.2) is 0 Å². The lowest BCUT2D eigenvalue weighted by Crippen LogP contribution is -2.26. The molecule has 0 aromatic carbocycles. The van der Waals surface area contributed by atoms with Crippen molar-refractivity contribution in [3.8, 4) is 0 Å². The first-order valence-electron chi connectivity index (χ1n) is 3.94. The highest BCUT2D eigenvalue weighted by Gasteiger charge is 2.48. The number of fused-ring (bicyclic) bond motifs is 2. The summed E-state index contributed by atoms with van der Waals surface area (Å²) < 4.78 is 0. The van der Waals surface area contributed by atoms with Crippen LogP contribution >= 0.6 is 0 Å². The van der Waals surface area contributed by atoms with E-state index in [4.69, 9.17) is 5.11 Å². The van der Waals surface area contributed by atoms with E-state index in [-0.39, 0.29) is 17.6 Å². The van der Waals surface area contributed by atoms with Crippen LogP contribution in [-0.4, -0.2) is 16.9 Å². The number of Topliss-reactive ketones (excluding diaryl/α,β-unsaturated/α-hetero) is 1. The quantitative estimate of drug-likeness (QED) is 0.604. The van der Waals surface area contributed by atoms with Gasteiger partial charge >= 0.3 is 5.97 Å². The van der Waals surface area contributed by atoms with Gasteiger partial charge in [-0.15, -0.1) is 0 Å². The summed E-state index contributed by atoms with van der Waals surface area (Å²) >= 11 is 0. The fourth-order valence-corrected chi connectivity index (χ4v) is 2.37. The monoisotopic (exact) mass is 154 g/mol. The minimum absolute atomic E-state index is 0.141. The molecule has 1 N–H and O–H groups in total. The second kappa shape index (κ2) is 2.06. The van der Waals surface area contributed by atoms with E-state index in [0.29, 0.717) is 12.3 Å². The fraction of sp³-hybridized carbons (Fsp3) is 0.750. The van der Waals surface area contributed by atoms with E-state index in [2.05, 4.69) is 0 Å². The zero-order valence-electron chi connectivity index (χ0n) is 6.12. The third-order valence-electron chi connectivity index (χ3n) is 2.88. The van der Waals surface area contributed by atoms with Crippen LogP contribution in [0, 0.1) is 17.8 Å². The normalized spacial score (nSPS) is 41.5. The molecule has 0 amide bonds. The first-order valence-corrected chi connectivity index (χ1v) is 3.94. The highest BCUT2D eigenvalue weighted by atomic mass is 16.4. The Balaban J connectivity index is 2.18. The van der Waals surface area contributed by atoms with Gasteiger partial charge in [0.2, 0.25) is 0 Å². The lowest BCUT2D eigenvalue weighted by molar-refractivity contribution is -0.146. The molecule has 2 saturated carbocycles. The highest BCUT2D eigenvalue weighted by molar-refractivity contribution is 5.89. The van der Waals surface area contributed by atoms with Crippen molar-refractivity contribution in [3.63, 3.8) is 0 Å². The molecule has 0 unspecified atom stereocenters. The number of carboxylic acid groups (broad SMARTS) is 1. The van der Waals surface area contributed by atoms with Gasteiger partial charge in [0.05, 0.1) is 5.92 Å². The Labute approximate surface area is 64.4 Å². The van der Waals surface area contributed by atoms with Crippen molar-refractivity contribution in [3.05, 3.63) is 0 Å². The average molecular weight is 154 g/mol. The van der Waals surface area contributed by atoms with Crippen molar-refractivity contribution in [2.75, 3.05) is 0 Å². The largest absolute Gasteiger partial charge is 0.481 e. The van der Waals surface area contributed by atoms with Gasteiger partial charge in [-0.1, -0.05) is 0 Å². The van der Waals surface area contributed by atoms with Crippen LogP contribution in [0.4, 0.5) is 0 Å². The van der Waals surface area contributed by atoms with Gasteiger partial charge in [0.25, 0.3) is 0 Å². The maximum atomic E-state index is 11.1. The van der Waals surface area contributed by atoms with Crippen LogP contribution in [0.5, 0.6) is 0 Å². The maximum absolute atomic E-state index is 11.1. The zero-order chi connectivity index (χ0) is 8.01. The molecule has 0 heterocycles. The molecule has 11 heavy (non-hydrogen) atoms. The summed E-state index contributed by atoms with van der Waals surface area (Å²) in [6.07, 6.45) is 2.19. The molecule has 2 rings (SSSR count). The summed E-state index contributed by atoms with van der Waals surface area (Å²) in [6.45, 7) is 0. The standard InChI is InChI=1S/C8H10O3/c9-7-3-4-1-5(7)6(2-4)8(10)11/h4-6H,1-3H2,(H,10,11)/t4-,5-,6-/m0/s1. The second-order valence-electron chi connectivity index (χ2n) is 3.56. The van der Waals surface area contributed by atoms with E-state index in [1.807, 2.05) is 0 Å². The van der Waals surface area contributed by atoms with Crippen LogP contribution in [0.3, 0.4) is 0 Å². The number of carbonyl (C=O) groups excluding carboxylic acids is 1. The summed E-state index contributed by atoms with van der Waals surface area (Å²) in [5, 5.41) is 8.70. The Hall–Kier alpha value is -0.860. The minimum atomic E-state index is -0.787. The first-order chi connectivity index (χ1) is 5.18. The fourth-order valence-electron chi connectivity index (χ4n) is 2.37. The molecule has 0 aromatic heterocycles. The van der Waals surface area contributed by atoms with Gasteiger partial charge in [0, 0.05) is 12.3 Å². The van der Waals surface area contributed by atoms with Crippen molar-refractivity contribution in [2.45, 2.75) is 19.3 Å². The molecule has 0 saturated heterocycles. The summed E-state index contributed by atoms with van der Waals surface area (Å²) in [4.78, 5) is 21.7. The average Bonchev–Trinajstić information content (AvgIpc) is 2.43. The van der Waals surface area contributed by atoms with Gasteiger partial charge in [-0.3, -0.25) is 9.59 Å². The molecule has 2 bridgehead atoms. The van der Waals surface area contributed by atoms with Crippen LogP contribution in [-0.2, 0) is 9.59 Å². The Morgan fingerprint density at radius 2 is 2.18 bits per heavy atom. The smallest absolute Gasteiger partial charge is 0.307 e.